The van der Waals surface area contributed by atoms with E-state index in [4.69, 9.17) is 9.47 Å². The van der Waals surface area contributed by atoms with Gasteiger partial charge in [-0.2, -0.15) is 0 Å². The van der Waals surface area contributed by atoms with Crippen molar-refractivity contribution in [1.82, 2.24) is 0 Å². The van der Waals surface area contributed by atoms with Crippen molar-refractivity contribution in [2.45, 2.75) is 70.7 Å². The van der Waals surface area contributed by atoms with Crippen LogP contribution in [0.5, 0.6) is 0 Å². The summed E-state index contributed by atoms with van der Waals surface area (Å²) in [5, 5.41) is 9.51. The number of aliphatic hydroxyl groups is 1. The highest BCUT2D eigenvalue weighted by molar-refractivity contribution is 5.79. The molecule has 18 heavy (non-hydrogen) atoms. The van der Waals surface area contributed by atoms with E-state index >= 15 is 0 Å². The molecular weight excluding hydrogens is 232 g/mol. The molecule has 3 atom stereocenters. The van der Waals surface area contributed by atoms with Crippen LogP contribution in [-0.2, 0) is 14.3 Å². The number of rotatable bonds is 8. The first-order chi connectivity index (χ1) is 8.67. The normalized spacial score (nSPS) is 25.9. The van der Waals surface area contributed by atoms with E-state index in [9.17, 15) is 9.90 Å². The molecule has 1 N–H and O–H groups in total. The number of hydrogen-bond acceptors (Lipinski definition) is 4. The molecule has 0 aromatic carbocycles. The Bertz CT molecular complexity index is 242. The second-order valence-electron chi connectivity index (χ2n) is 4.96. The van der Waals surface area contributed by atoms with Gasteiger partial charge in [0, 0.05) is 6.42 Å². The van der Waals surface area contributed by atoms with Crippen LogP contribution in [0.1, 0.15) is 52.4 Å². The molecule has 1 saturated carbocycles. The van der Waals surface area contributed by atoms with Gasteiger partial charge in [0.25, 0.3) is 0 Å². The summed E-state index contributed by atoms with van der Waals surface area (Å²) in [5.41, 5.74) is 0. The van der Waals surface area contributed by atoms with Crippen LogP contribution < -0.4 is 0 Å². The maximum atomic E-state index is 11.3. The third-order valence-electron chi connectivity index (χ3n) is 3.47. The van der Waals surface area contributed by atoms with Crippen LogP contribution in [0.15, 0.2) is 0 Å². The Morgan fingerprint density at radius 2 is 1.83 bits per heavy atom. The first-order valence-corrected chi connectivity index (χ1v) is 7.10. The molecule has 0 aromatic heterocycles. The van der Waals surface area contributed by atoms with Crippen LogP contribution in [-0.4, -0.2) is 42.4 Å². The standard InChI is InChI=1S/C14H26O4/c1-3-11(15)9-17-13-7-5-6-8-14(13)18-10-12(16)4-2/h11,13-15H,3-10H2,1-2H3. The van der Waals surface area contributed by atoms with E-state index in [0.29, 0.717) is 19.4 Å². The summed E-state index contributed by atoms with van der Waals surface area (Å²) in [5.74, 6) is 0.132. The van der Waals surface area contributed by atoms with Crippen LogP contribution in [0, 0.1) is 0 Å². The molecule has 1 fully saturated rings. The SMILES string of the molecule is CCC(=O)COC1CCCCC1OCC(O)CC. The number of ketones is 1. The molecule has 0 aromatic rings. The first-order valence-electron chi connectivity index (χ1n) is 7.10. The molecule has 0 heterocycles. The summed E-state index contributed by atoms with van der Waals surface area (Å²) in [4.78, 5) is 11.3. The largest absolute Gasteiger partial charge is 0.391 e. The summed E-state index contributed by atoms with van der Waals surface area (Å²) in [6.07, 6.45) is 5.04. The van der Waals surface area contributed by atoms with Crippen molar-refractivity contribution in [3.8, 4) is 0 Å². The quantitative estimate of drug-likeness (QED) is 0.724. The number of carbonyl (C=O) groups excluding carboxylic acids is 1. The lowest BCUT2D eigenvalue weighted by atomic mass is 9.94. The van der Waals surface area contributed by atoms with Crippen molar-refractivity contribution >= 4 is 5.78 Å². The topological polar surface area (TPSA) is 55.8 Å². The minimum Gasteiger partial charge on any atom is -0.391 e. The van der Waals surface area contributed by atoms with Gasteiger partial charge < -0.3 is 14.6 Å². The van der Waals surface area contributed by atoms with Gasteiger partial charge in [-0.05, 0) is 19.3 Å². The lowest BCUT2D eigenvalue weighted by molar-refractivity contribution is -0.136. The van der Waals surface area contributed by atoms with Crippen LogP contribution in [0.3, 0.4) is 0 Å². The zero-order valence-corrected chi connectivity index (χ0v) is 11.6. The van der Waals surface area contributed by atoms with Gasteiger partial charge in [0.15, 0.2) is 5.78 Å². The number of carbonyl (C=O) groups is 1. The lowest BCUT2D eigenvalue weighted by Crippen LogP contribution is -2.37. The molecular formula is C14H26O4. The van der Waals surface area contributed by atoms with E-state index in [0.717, 1.165) is 25.7 Å². The second kappa shape index (κ2) is 8.62. The number of aliphatic hydroxyl groups excluding tert-OH is 1. The summed E-state index contributed by atoms with van der Waals surface area (Å²) < 4.78 is 11.4. The Balaban J connectivity index is 2.34. The maximum Gasteiger partial charge on any atom is 0.158 e. The molecule has 4 nitrogen and oxygen atoms in total. The molecule has 4 heteroatoms. The fourth-order valence-corrected chi connectivity index (χ4v) is 2.10. The van der Waals surface area contributed by atoms with Crippen molar-refractivity contribution in [2.24, 2.45) is 0 Å². The summed E-state index contributed by atoms with van der Waals surface area (Å²) in [6.45, 7) is 4.33. The van der Waals surface area contributed by atoms with Gasteiger partial charge >= 0.3 is 0 Å². The second-order valence-corrected chi connectivity index (χ2v) is 4.96. The zero-order valence-electron chi connectivity index (χ0n) is 11.6. The van der Waals surface area contributed by atoms with E-state index in [1.165, 1.54) is 0 Å². The number of hydrogen-bond donors (Lipinski definition) is 1. The molecule has 0 radical (unpaired) electrons. The molecule has 1 rings (SSSR count). The fourth-order valence-electron chi connectivity index (χ4n) is 2.10. The molecule has 106 valence electrons. The molecule has 1 aliphatic rings. The predicted molar refractivity (Wildman–Crippen MR) is 69.5 cm³/mol. The number of Topliss-reactive ketones (excluding diaryl/α,β-unsaturated/α-hetero) is 1. The molecule has 0 amide bonds. The van der Waals surface area contributed by atoms with Gasteiger partial charge in [-0.1, -0.05) is 26.7 Å². The highest BCUT2D eigenvalue weighted by Crippen LogP contribution is 2.24. The summed E-state index contributed by atoms with van der Waals surface area (Å²) in [6, 6.07) is 0. The Labute approximate surface area is 110 Å². The Kier molecular flexibility index (Phi) is 7.47. The molecule has 3 unspecified atom stereocenters. The average Bonchev–Trinajstić information content (AvgIpc) is 2.42. The smallest absolute Gasteiger partial charge is 0.158 e. The first kappa shape index (κ1) is 15.6. The van der Waals surface area contributed by atoms with Crippen molar-refractivity contribution in [1.29, 1.82) is 0 Å². The van der Waals surface area contributed by atoms with Crippen molar-refractivity contribution in [3.63, 3.8) is 0 Å². The highest BCUT2D eigenvalue weighted by atomic mass is 16.5. The van der Waals surface area contributed by atoms with Crippen LogP contribution >= 0.6 is 0 Å². The van der Waals surface area contributed by atoms with E-state index < -0.39 is 6.10 Å². The van der Waals surface area contributed by atoms with Gasteiger partial charge in [0.05, 0.1) is 24.9 Å². The number of ether oxygens (including phenoxy) is 2. The zero-order chi connectivity index (χ0) is 13.4. The molecule has 0 saturated heterocycles. The van der Waals surface area contributed by atoms with E-state index in [1.807, 2.05) is 13.8 Å². The van der Waals surface area contributed by atoms with Gasteiger partial charge in [0.1, 0.15) is 6.61 Å². The summed E-state index contributed by atoms with van der Waals surface area (Å²) >= 11 is 0. The van der Waals surface area contributed by atoms with Crippen molar-refractivity contribution in [2.75, 3.05) is 13.2 Å². The van der Waals surface area contributed by atoms with E-state index in [-0.39, 0.29) is 24.6 Å². The Morgan fingerprint density at radius 1 is 1.22 bits per heavy atom. The fraction of sp³-hybridized carbons (Fsp3) is 0.929. The summed E-state index contributed by atoms with van der Waals surface area (Å²) in [7, 11) is 0. The average molecular weight is 258 g/mol. The van der Waals surface area contributed by atoms with E-state index in [2.05, 4.69) is 0 Å². The van der Waals surface area contributed by atoms with Crippen molar-refractivity contribution < 1.29 is 19.4 Å². The van der Waals surface area contributed by atoms with Crippen LogP contribution in [0.4, 0.5) is 0 Å². The van der Waals surface area contributed by atoms with Crippen molar-refractivity contribution in [3.05, 3.63) is 0 Å². The molecule has 1 aliphatic carbocycles. The predicted octanol–water partition coefficient (Wildman–Crippen LogP) is 2.08. The third kappa shape index (κ3) is 5.46. The lowest BCUT2D eigenvalue weighted by Gasteiger charge is -2.31. The van der Waals surface area contributed by atoms with Crippen LogP contribution in [0.2, 0.25) is 0 Å². The molecule has 0 aliphatic heterocycles. The van der Waals surface area contributed by atoms with Gasteiger partial charge in [-0.3, -0.25) is 4.79 Å². The Morgan fingerprint density at radius 3 is 2.39 bits per heavy atom. The highest BCUT2D eigenvalue weighted by Gasteiger charge is 2.27. The van der Waals surface area contributed by atoms with E-state index in [1.54, 1.807) is 0 Å². The Hall–Kier alpha value is -0.450. The van der Waals surface area contributed by atoms with Crippen LogP contribution in [0.25, 0.3) is 0 Å². The molecule has 0 bridgehead atoms. The minimum atomic E-state index is -0.398. The monoisotopic (exact) mass is 258 g/mol. The maximum absolute atomic E-state index is 11.3. The molecule has 0 spiro atoms. The minimum absolute atomic E-state index is 0.0123. The third-order valence-corrected chi connectivity index (χ3v) is 3.47. The van der Waals surface area contributed by atoms with Gasteiger partial charge in [0.2, 0.25) is 0 Å². The van der Waals surface area contributed by atoms with Gasteiger partial charge in [-0.25, -0.2) is 0 Å². The van der Waals surface area contributed by atoms with Gasteiger partial charge in [-0.15, -0.1) is 0 Å².